The number of imidazole rings is 1. The van der Waals surface area contributed by atoms with E-state index in [4.69, 9.17) is 14.2 Å². The van der Waals surface area contributed by atoms with E-state index >= 15 is 0 Å². The first-order chi connectivity index (χ1) is 12.3. The highest BCUT2D eigenvalue weighted by molar-refractivity contribution is 5.97. The third kappa shape index (κ3) is 4.75. The first-order valence-corrected chi connectivity index (χ1v) is 8.59. The lowest BCUT2D eigenvalue weighted by atomic mass is 9.86. The van der Waals surface area contributed by atoms with Crippen LogP contribution in [-0.2, 0) is 23.8 Å². The first kappa shape index (κ1) is 20.7. The van der Waals surface area contributed by atoms with Gasteiger partial charge in [0, 0.05) is 0 Å². The van der Waals surface area contributed by atoms with Crippen LogP contribution in [0, 0.1) is 5.41 Å². The molecule has 0 amide bonds. The number of carbonyl (C=O) groups is 3. The highest BCUT2D eigenvalue weighted by Gasteiger charge is 2.42. The minimum absolute atomic E-state index is 0.262. The minimum Gasteiger partial charge on any atom is -0.468 e. The van der Waals surface area contributed by atoms with Crippen LogP contribution in [0.4, 0.5) is 4.79 Å². The predicted octanol–water partition coefficient (Wildman–Crippen LogP) is 1.13. The molecule has 0 aromatic carbocycles. The Hall–Kier alpha value is -2.64. The van der Waals surface area contributed by atoms with E-state index in [-0.39, 0.29) is 6.42 Å². The Morgan fingerprint density at radius 1 is 1.04 bits per heavy atom. The molecular weight excluding hydrogens is 352 g/mol. The lowest BCUT2D eigenvalue weighted by Crippen LogP contribution is -2.36. The van der Waals surface area contributed by atoms with Gasteiger partial charge in [0.15, 0.2) is 0 Å². The molecule has 27 heavy (non-hydrogen) atoms. The number of ether oxygens (including phenoxy) is 3. The maximum atomic E-state index is 12.5. The van der Waals surface area contributed by atoms with Crippen LogP contribution in [0.5, 0.6) is 0 Å². The lowest BCUT2D eigenvalue weighted by molar-refractivity contribution is -0.160. The summed E-state index contributed by atoms with van der Waals surface area (Å²) in [5, 5.41) is 0.771. The topological polar surface area (TPSA) is 96.7 Å². The van der Waals surface area contributed by atoms with Crippen LogP contribution >= 0.6 is 0 Å². The number of fused-ring (bicyclic) bond motifs is 1. The Kier molecular flexibility index (Phi) is 5.23. The number of esters is 2. The molecule has 0 radical (unpaired) electrons. The van der Waals surface area contributed by atoms with E-state index in [9.17, 15) is 14.4 Å². The number of carbonyl (C=O) groups excluding carboxylic acids is 3. The summed E-state index contributed by atoms with van der Waals surface area (Å²) in [6, 6.07) is 0. The molecule has 0 saturated carbocycles. The minimum atomic E-state index is -1.39. The molecule has 0 aliphatic heterocycles. The fourth-order valence-electron chi connectivity index (χ4n) is 2.71. The van der Waals surface area contributed by atoms with Crippen molar-refractivity contribution in [1.82, 2.24) is 9.55 Å². The van der Waals surface area contributed by atoms with Gasteiger partial charge in [-0.3, -0.25) is 9.59 Å². The molecule has 148 valence electrons. The summed E-state index contributed by atoms with van der Waals surface area (Å²) in [6.45, 7) is 10.5. The van der Waals surface area contributed by atoms with Gasteiger partial charge in [0.05, 0.1) is 24.2 Å². The summed E-state index contributed by atoms with van der Waals surface area (Å²) in [5.41, 5.74) is -2.77. The molecule has 0 bridgehead atoms. The second-order valence-corrected chi connectivity index (χ2v) is 8.45. The summed E-state index contributed by atoms with van der Waals surface area (Å²) >= 11 is 0. The maximum absolute atomic E-state index is 12.5. The zero-order valence-electron chi connectivity index (χ0n) is 16.8. The van der Waals surface area contributed by atoms with Crippen LogP contribution in [0.15, 0.2) is 6.33 Å². The summed E-state index contributed by atoms with van der Waals surface area (Å²) in [4.78, 5) is 41.4. The molecule has 2 rings (SSSR count). The Bertz CT molecular complexity index is 885. The summed E-state index contributed by atoms with van der Waals surface area (Å²) < 4.78 is 16.8. The Morgan fingerprint density at radius 2 is 1.63 bits per heavy atom. The number of aromatic nitrogens is 2. The highest BCUT2D eigenvalue weighted by atomic mass is 16.6. The van der Waals surface area contributed by atoms with Crippen molar-refractivity contribution < 1.29 is 28.6 Å². The molecule has 1 aliphatic carbocycles. The van der Waals surface area contributed by atoms with E-state index in [0.717, 1.165) is 0 Å². The number of rotatable bonds is 3. The van der Waals surface area contributed by atoms with Crippen molar-refractivity contribution in [2.75, 3.05) is 7.11 Å². The van der Waals surface area contributed by atoms with Crippen molar-refractivity contribution in [2.24, 2.45) is 5.41 Å². The lowest BCUT2D eigenvalue weighted by Gasteiger charge is -2.25. The Balaban J connectivity index is 2.43. The summed E-state index contributed by atoms with van der Waals surface area (Å²) in [5.74, 6) is -1.20. The van der Waals surface area contributed by atoms with Crippen molar-refractivity contribution in [1.29, 1.82) is 0 Å². The number of nitrogens with zero attached hydrogens (tertiary/aromatic N) is 2. The van der Waals surface area contributed by atoms with E-state index < -0.39 is 34.6 Å². The Morgan fingerprint density at radius 3 is 2.15 bits per heavy atom. The zero-order valence-corrected chi connectivity index (χ0v) is 16.8. The summed E-state index contributed by atoms with van der Waals surface area (Å²) in [7, 11) is 1.24. The molecule has 1 aromatic heterocycles. The molecule has 0 saturated heterocycles. The first-order valence-electron chi connectivity index (χ1n) is 8.59. The average molecular weight is 378 g/mol. The van der Waals surface area contributed by atoms with Gasteiger partial charge in [-0.15, -0.1) is 0 Å². The monoisotopic (exact) mass is 378 g/mol. The molecule has 1 aliphatic rings. The fraction of sp³-hybridized carbons (Fsp3) is 0.579. The van der Waals surface area contributed by atoms with Crippen molar-refractivity contribution in [3.63, 3.8) is 0 Å². The van der Waals surface area contributed by atoms with Gasteiger partial charge in [-0.25, -0.2) is 14.3 Å². The SMILES string of the molecule is COC(=O)C1(CC(=O)OC(C)(C)C)C=c2ncn(C(=O)OC(C)(C)C)c2=C1. The zero-order chi connectivity index (χ0) is 20.6. The molecule has 8 heteroatoms. The van der Waals surface area contributed by atoms with Gasteiger partial charge in [-0.2, -0.15) is 0 Å². The van der Waals surface area contributed by atoms with Crippen molar-refractivity contribution >= 4 is 30.2 Å². The fourth-order valence-corrected chi connectivity index (χ4v) is 2.71. The third-order valence-electron chi connectivity index (χ3n) is 3.64. The van der Waals surface area contributed by atoms with E-state index in [0.29, 0.717) is 10.7 Å². The van der Waals surface area contributed by atoms with Gasteiger partial charge in [0.1, 0.15) is 22.9 Å². The maximum Gasteiger partial charge on any atom is 0.420 e. The predicted molar refractivity (Wildman–Crippen MR) is 97.0 cm³/mol. The molecule has 1 unspecified atom stereocenters. The second kappa shape index (κ2) is 6.83. The van der Waals surface area contributed by atoms with Crippen LogP contribution in [0.1, 0.15) is 48.0 Å². The van der Waals surface area contributed by atoms with Crippen LogP contribution in [0.2, 0.25) is 0 Å². The second-order valence-electron chi connectivity index (χ2n) is 8.45. The Labute approximate surface area is 157 Å². The quantitative estimate of drug-likeness (QED) is 0.574. The molecule has 0 fully saturated rings. The van der Waals surface area contributed by atoms with Crippen LogP contribution in [-0.4, -0.2) is 45.9 Å². The van der Waals surface area contributed by atoms with Crippen molar-refractivity contribution in [3.05, 3.63) is 17.0 Å². The molecule has 1 aromatic rings. The van der Waals surface area contributed by atoms with Crippen LogP contribution in [0.3, 0.4) is 0 Å². The van der Waals surface area contributed by atoms with Gasteiger partial charge in [0.2, 0.25) is 0 Å². The van der Waals surface area contributed by atoms with Crippen molar-refractivity contribution in [2.45, 2.75) is 59.2 Å². The molecule has 1 heterocycles. The highest BCUT2D eigenvalue weighted by Crippen LogP contribution is 2.31. The van der Waals surface area contributed by atoms with E-state index in [1.807, 2.05) is 0 Å². The van der Waals surface area contributed by atoms with Crippen LogP contribution in [0.25, 0.3) is 12.2 Å². The smallest absolute Gasteiger partial charge is 0.420 e. The molecule has 1 atom stereocenters. The van der Waals surface area contributed by atoms with Crippen molar-refractivity contribution in [3.8, 4) is 0 Å². The number of hydrogen-bond acceptors (Lipinski definition) is 7. The van der Waals surface area contributed by atoms with Gasteiger partial charge < -0.3 is 14.2 Å². The molecule has 0 N–H and O–H groups in total. The average Bonchev–Trinajstić information content (AvgIpc) is 2.99. The third-order valence-corrected chi connectivity index (χ3v) is 3.64. The molecular formula is C19H26N2O6. The summed E-state index contributed by atoms with van der Waals surface area (Å²) in [6.07, 6.45) is 3.44. The van der Waals surface area contributed by atoms with E-state index in [1.54, 1.807) is 41.5 Å². The van der Waals surface area contributed by atoms with Gasteiger partial charge in [-0.1, -0.05) is 0 Å². The van der Waals surface area contributed by atoms with Gasteiger partial charge >= 0.3 is 18.0 Å². The standard InChI is InChI=1S/C19H26N2O6/c1-17(2,3)26-14(22)10-19(15(23)25-7)8-12-13(9-19)21(11-20-12)16(24)27-18(4,5)6/h8-9,11H,10H2,1-7H3. The van der Waals surface area contributed by atoms with Gasteiger partial charge in [0.25, 0.3) is 0 Å². The van der Waals surface area contributed by atoms with Crippen LogP contribution < -0.4 is 10.7 Å². The van der Waals surface area contributed by atoms with E-state index in [2.05, 4.69) is 4.98 Å². The van der Waals surface area contributed by atoms with Gasteiger partial charge in [-0.05, 0) is 53.7 Å². The molecule has 0 spiro atoms. The number of methoxy groups -OCH3 is 1. The normalized spacial score (nSPS) is 18.8. The molecule has 8 nitrogen and oxygen atoms in total. The number of hydrogen-bond donors (Lipinski definition) is 0. The van der Waals surface area contributed by atoms with E-state index in [1.165, 1.54) is 30.2 Å². The largest absolute Gasteiger partial charge is 0.468 e.